The Kier molecular flexibility index (Phi) is 4.50. The number of aliphatic hydroxyl groups is 2. The summed E-state index contributed by atoms with van der Waals surface area (Å²) in [5, 5.41) is 18.8. The van der Waals surface area contributed by atoms with Gasteiger partial charge in [0.1, 0.15) is 0 Å². The Hall–Kier alpha value is -0.940. The fourth-order valence-corrected chi connectivity index (χ4v) is 1.96. The number of ether oxygens (including phenoxy) is 2. The van der Waals surface area contributed by atoms with Gasteiger partial charge >= 0.3 is 0 Å². The molecular formula is C13H18O4. The van der Waals surface area contributed by atoms with E-state index in [0.29, 0.717) is 19.6 Å². The van der Waals surface area contributed by atoms with Crippen LogP contribution in [0.5, 0.6) is 0 Å². The maximum Gasteiger partial charge on any atom is 0.157 e. The topological polar surface area (TPSA) is 58.9 Å². The fourth-order valence-electron chi connectivity index (χ4n) is 1.96. The number of hydrogen-bond acceptors (Lipinski definition) is 4. The van der Waals surface area contributed by atoms with E-state index in [9.17, 15) is 10.2 Å². The largest absolute Gasteiger partial charge is 0.393 e. The zero-order valence-corrected chi connectivity index (χ0v) is 9.66. The average Bonchev–Trinajstić information content (AvgIpc) is 2.29. The number of hydrogen-bond donors (Lipinski definition) is 2. The molecule has 0 aliphatic carbocycles. The molecule has 4 nitrogen and oxygen atoms in total. The van der Waals surface area contributed by atoms with Crippen molar-refractivity contribution in [3.8, 4) is 0 Å². The van der Waals surface area contributed by atoms with Crippen molar-refractivity contribution in [2.24, 2.45) is 0 Å². The Morgan fingerprint density at radius 2 is 1.94 bits per heavy atom. The highest BCUT2D eigenvalue weighted by Gasteiger charge is 2.26. The smallest absolute Gasteiger partial charge is 0.157 e. The van der Waals surface area contributed by atoms with E-state index in [-0.39, 0.29) is 12.5 Å². The van der Waals surface area contributed by atoms with Gasteiger partial charge in [0.2, 0.25) is 0 Å². The van der Waals surface area contributed by atoms with Crippen molar-refractivity contribution in [2.75, 3.05) is 6.61 Å². The van der Waals surface area contributed by atoms with Crippen molar-refractivity contribution in [1.29, 1.82) is 0 Å². The molecule has 0 amide bonds. The summed E-state index contributed by atoms with van der Waals surface area (Å²) in [6.07, 6.45) is -0.785. The third kappa shape index (κ3) is 4.09. The quantitative estimate of drug-likeness (QED) is 0.823. The van der Waals surface area contributed by atoms with Gasteiger partial charge < -0.3 is 19.7 Å². The molecule has 2 N–H and O–H groups in total. The molecule has 0 spiro atoms. The third-order valence-electron chi connectivity index (χ3n) is 2.77. The lowest BCUT2D eigenvalue weighted by atomic mass is 10.1. The lowest BCUT2D eigenvalue weighted by Gasteiger charge is -2.30. The molecule has 17 heavy (non-hydrogen) atoms. The van der Waals surface area contributed by atoms with E-state index in [2.05, 4.69) is 0 Å². The van der Waals surface area contributed by atoms with Crippen LogP contribution < -0.4 is 0 Å². The van der Waals surface area contributed by atoms with Crippen molar-refractivity contribution >= 4 is 0 Å². The van der Waals surface area contributed by atoms with Crippen LogP contribution in [0, 0.1) is 0 Å². The summed E-state index contributed by atoms with van der Waals surface area (Å²) in [6.45, 7) is 0.913. The maximum absolute atomic E-state index is 9.47. The van der Waals surface area contributed by atoms with Crippen molar-refractivity contribution in [1.82, 2.24) is 0 Å². The van der Waals surface area contributed by atoms with Crippen LogP contribution in [0.4, 0.5) is 0 Å². The minimum Gasteiger partial charge on any atom is -0.393 e. The highest BCUT2D eigenvalue weighted by atomic mass is 16.6. The third-order valence-corrected chi connectivity index (χ3v) is 2.77. The van der Waals surface area contributed by atoms with Crippen LogP contribution in [0.1, 0.15) is 18.4 Å². The Bertz CT molecular complexity index is 317. The molecule has 0 bridgehead atoms. The zero-order chi connectivity index (χ0) is 12.1. The Morgan fingerprint density at radius 1 is 1.18 bits per heavy atom. The Labute approximate surface area is 101 Å². The lowest BCUT2D eigenvalue weighted by Crippen LogP contribution is -2.37. The van der Waals surface area contributed by atoms with Crippen molar-refractivity contribution < 1.29 is 19.7 Å². The van der Waals surface area contributed by atoms with E-state index in [1.807, 2.05) is 30.3 Å². The van der Waals surface area contributed by atoms with Crippen molar-refractivity contribution in [3.63, 3.8) is 0 Å². The molecule has 1 aromatic carbocycles. The van der Waals surface area contributed by atoms with Gasteiger partial charge in [0, 0.05) is 12.8 Å². The van der Waals surface area contributed by atoms with Gasteiger partial charge in [-0.05, 0) is 5.56 Å². The van der Waals surface area contributed by atoms with E-state index in [0.717, 1.165) is 5.56 Å². The fraction of sp³-hybridized carbons (Fsp3) is 0.538. The molecule has 94 valence electrons. The molecule has 1 heterocycles. The first-order valence-electron chi connectivity index (χ1n) is 5.87. The molecule has 1 saturated heterocycles. The second-order valence-electron chi connectivity index (χ2n) is 4.34. The minimum absolute atomic E-state index is 0.225. The van der Waals surface area contributed by atoms with Gasteiger partial charge in [-0.3, -0.25) is 0 Å². The van der Waals surface area contributed by atoms with Gasteiger partial charge in [-0.25, -0.2) is 0 Å². The lowest BCUT2D eigenvalue weighted by molar-refractivity contribution is -0.202. The van der Waals surface area contributed by atoms with E-state index in [1.54, 1.807) is 0 Å². The predicted molar refractivity (Wildman–Crippen MR) is 62.2 cm³/mol. The maximum atomic E-state index is 9.47. The van der Waals surface area contributed by atoms with Crippen LogP contribution >= 0.6 is 0 Å². The summed E-state index contributed by atoms with van der Waals surface area (Å²) in [5.41, 5.74) is 1.10. The number of aliphatic hydroxyl groups excluding tert-OH is 2. The summed E-state index contributed by atoms with van der Waals surface area (Å²) in [4.78, 5) is 0. The minimum atomic E-state index is -0.871. The van der Waals surface area contributed by atoms with Gasteiger partial charge in [-0.2, -0.15) is 0 Å². The van der Waals surface area contributed by atoms with Gasteiger partial charge in [0.25, 0.3) is 0 Å². The Morgan fingerprint density at radius 3 is 2.65 bits per heavy atom. The molecule has 4 heteroatoms. The molecule has 1 aromatic rings. The molecule has 0 radical (unpaired) electrons. The predicted octanol–water partition coefficient (Wildman–Crippen LogP) is 1.06. The highest BCUT2D eigenvalue weighted by Crippen LogP contribution is 2.18. The molecular weight excluding hydrogens is 220 g/mol. The molecule has 1 unspecified atom stereocenters. The summed E-state index contributed by atoms with van der Waals surface area (Å²) >= 11 is 0. The monoisotopic (exact) mass is 238 g/mol. The van der Waals surface area contributed by atoms with E-state index >= 15 is 0 Å². The molecule has 1 fully saturated rings. The van der Waals surface area contributed by atoms with Gasteiger partial charge in [-0.15, -0.1) is 0 Å². The van der Waals surface area contributed by atoms with Crippen LogP contribution in [-0.4, -0.2) is 35.3 Å². The van der Waals surface area contributed by atoms with Crippen LogP contribution in [0.25, 0.3) is 0 Å². The summed E-state index contributed by atoms with van der Waals surface area (Å²) < 4.78 is 10.8. The van der Waals surface area contributed by atoms with Crippen LogP contribution in [0.3, 0.4) is 0 Å². The second kappa shape index (κ2) is 6.12. The molecule has 0 aromatic heterocycles. The van der Waals surface area contributed by atoms with Crippen LogP contribution in [-0.2, 0) is 16.1 Å². The number of benzene rings is 1. The second-order valence-corrected chi connectivity index (χ2v) is 4.34. The standard InChI is InChI=1S/C13H18O4/c14-11-6-12(17-13(15)7-11)9-16-8-10-4-2-1-3-5-10/h1-5,11-15H,6-9H2/t11-,12+,13?/m1/s1. The summed E-state index contributed by atoms with van der Waals surface area (Å²) in [6, 6.07) is 9.87. The highest BCUT2D eigenvalue weighted by molar-refractivity contribution is 5.13. The molecule has 2 rings (SSSR count). The molecule has 1 aliphatic rings. The first-order chi connectivity index (χ1) is 8.24. The van der Waals surface area contributed by atoms with E-state index in [4.69, 9.17) is 9.47 Å². The summed E-state index contributed by atoms with van der Waals surface area (Å²) in [7, 11) is 0. The van der Waals surface area contributed by atoms with Gasteiger partial charge in [-0.1, -0.05) is 30.3 Å². The summed E-state index contributed by atoms with van der Waals surface area (Å²) in [5.74, 6) is 0. The van der Waals surface area contributed by atoms with Gasteiger partial charge in [0.15, 0.2) is 6.29 Å². The average molecular weight is 238 g/mol. The number of rotatable bonds is 4. The zero-order valence-electron chi connectivity index (χ0n) is 9.66. The SMILES string of the molecule is OC1C[C@H](O)C[C@@H](COCc2ccccc2)O1. The van der Waals surface area contributed by atoms with E-state index in [1.165, 1.54) is 0 Å². The van der Waals surface area contributed by atoms with Crippen molar-refractivity contribution in [2.45, 2.75) is 37.9 Å². The van der Waals surface area contributed by atoms with Crippen LogP contribution in [0.2, 0.25) is 0 Å². The van der Waals surface area contributed by atoms with Gasteiger partial charge in [0.05, 0.1) is 25.4 Å². The molecule has 1 aliphatic heterocycles. The molecule has 0 saturated carbocycles. The normalized spacial score (nSPS) is 29.2. The first kappa shape index (κ1) is 12.5. The Balaban J connectivity index is 1.71. The van der Waals surface area contributed by atoms with E-state index < -0.39 is 12.4 Å². The molecule has 3 atom stereocenters. The van der Waals surface area contributed by atoms with Crippen molar-refractivity contribution in [3.05, 3.63) is 35.9 Å². The van der Waals surface area contributed by atoms with Crippen LogP contribution in [0.15, 0.2) is 30.3 Å². The first-order valence-corrected chi connectivity index (χ1v) is 5.87.